The summed E-state index contributed by atoms with van der Waals surface area (Å²) in [5.74, 6) is -1.28. The number of aryl methyl sites for hydroxylation is 2. The van der Waals surface area contributed by atoms with E-state index in [0.29, 0.717) is 11.4 Å². The van der Waals surface area contributed by atoms with Crippen molar-refractivity contribution in [3.63, 3.8) is 0 Å². The summed E-state index contributed by atoms with van der Waals surface area (Å²) in [6.07, 6.45) is 11.7. The third kappa shape index (κ3) is 4.47. The zero-order chi connectivity index (χ0) is 34.4. The van der Waals surface area contributed by atoms with E-state index < -0.39 is 12.1 Å². The van der Waals surface area contributed by atoms with E-state index in [4.69, 9.17) is 0 Å². The van der Waals surface area contributed by atoms with Crippen molar-refractivity contribution in [1.29, 1.82) is 0 Å². The standard InChI is InChI=1S/C44H42N2O4/c1-4-24-10-12-26(13-11-24)15-17-28-19-29-20-34(28)39-37(29)41(47)45(43(39)49)31-8-7-9-32(23-31)46-42(48)38-30-21-35(36(22-30)40(38)44(46)50)33-18-25(5-2)14-16-27(33)6-3/h4-5,7-14,16,18-19,21,23,29-30,34,36-40,43,49H,1-2,6,15,17,20,22H2,3H3. The molecule has 4 bridgehead atoms. The topological polar surface area (TPSA) is 77.9 Å². The molecule has 9 rings (SSSR count). The van der Waals surface area contributed by atoms with Crippen molar-refractivity contribution in [1.82, 2.24) is 0 Å². The fourth-order valence-electron chi connectivity index (χ4n) is 10.6. The lowest BCUT2D eigenvalue weighted by molar-refractivity contribution is -0.123. The van der Waals surface area contributed by atoms with Crippen LogP contribution in [-0.2, 0) is 27.2 Å². The molecule has 4 fully saturated rings. The number of aliphatic hydroxyl groups excluding tert-OH is 1. The molecular formula is C44H42N2O4. The quantitative estimate of drug-likeness (QED) is 0.190. The summed E-state index contributed by atoms with van der Waals surface area (Å²) >= 11 is 0. The minimum Gasteiger partial charge on any atom is -0.373 e. The molecule has 1 N–H and O–H groups in total. The minimum atomic E-state index is -0.959. The average Bonchev–Trinajstić information content (AvgIpc) is 3.99. The highest BCUT2D eigenvalue weighted by molar-refractivity contribution is 6.23. The number of imide groups is 1. The molecule has 50 heavy (non-hydrogen) atoms. The number of rotatable bonds is 9. The molecule has 6 heteroatoms. The maximum absolute atomic E-state index is 14.2. The highest BCUT2D eigenvalue weighted by Gasteiger charge is 2.63. The molecule has 0 aromatic heterocycles. The lowest BCUT2D eigenvalue weighted by Crippen LogP contribution is -2.37. The Morgan fingerprint density at radius 3 is 2.22 bits per heavy atom. The number of allylic oxidation sites excluding steroid dienone is 4. The van der Waals surface area contributed by atoms with E-state index in [1.165, 1.54) is 32.1 Å². The number of nitrogens with zero attached hydrogens (tertiary/aromatic N) is 2. The first-order chi connectivity index (χ1) is 24.3. The molecule has 2 saturated heterocycles. The van der Waals surface area contributed by atoms with E-state index in [9.17, 15) is 19.5 Å². The lowest BCUT2D eigenvalue weighted by Gasteiger charge is -2.28. The minimum absolute atomic E-state index is 0.00923. The van der Waals surface area contributed by atoms with Gasteiger partial charge in [0, 0.05) is 11.6 Å². The zero-order valence-electron chi connectivity index (χ0n) is 28.4. The van der Waals surface area contributed by atoms with Crippen molar-refractivity contribution in [2.75, 3.05) is 9.80 Å². The second-order valence-corrected chi connectivity index (χ2v) is 15.1. The van der Waals surface area contributed by atoms with E-state index in [1.54, 1.807) is 18.2 Å². The number of aliphatic hydroxyl groups is 1. The van der Waals surface area contributed by atoms with Crippen LogP contribution in [0, 0.1) is 47.3 Å². The van der Waals surface area contributed by atoms with E-state index in [1.807, 2.05) is 18.2 Å². The second kappa shape index (κ2) is 11.6. The van der Waals surface area contributed by atoms with Crippen molar-refractivity contribution in [3.05, 3.63) is 125 Å². The summed E-state index contributed by atoms with van der Waals surface area (Å²) in [5.41, 5.74) is 9.33. The molecule has 2 aliphatic heterocycles. The molecular weight excluding hydrogens is 620 g/mol. The highest BCUT2D eigenvalue weighted by atomic mass is 16.3. The average molecular weight is 663 g/mol. The van der Waals surface area contributed by atoms with Gasteiger partial charge in [0.15, 0.2) is 0 Å². The van der Waals surface area contributed by atoms with Crippen molar-refractivity contribution < 1.29 is 19.5 Å². The molecule has 3 aromatic rings. The molecule has 6 aliphatic rings. The van der Waals surface area contributed by atoms with Gasteiger partial charge >= 0.3 is 0 Å². The Kier molecular flexibility index (Phi) is 7.25. The first-order valence-corrected chi connectivity index (χ1v) is 18.2. The monoisotopic (exact) mass is 662 g/mol. The maximum Gasteiger partial charge on any atom is 0.238 e. The summed E-state index contributed by atoms with van der Waals surface area (Å²) in [5, 5.41) is 11.8. The van der Waals surface area contributed by atoms with E-state index in [0.717, 1.165) is 48.8 Å². The first kappa shape index (κ1) is 31.2. The van der Waals surface area contributed by atoms with Crippen LogP contribution in [0.25, 0.3) is 17.7 Å². The van der Waals surface area contributed by atoms with Crippen LogP contribution in [0.4, 0.5) is 11.4 Å². The van der Waals surface area contributed by atoms with Gasteiger partial charge in [0.25, 0.3) is 0 Å². The Hall–Kier alpha value is -4.81. The van der Waals surface area contributed by atoms with Crippen molar-refractivity contribution in [2.24, 2.45) is 47.3 Å². The first-order valence-electron chi connectivity index (χ1n) is 18.2. The van der Waals surface area contributed by atoms with Gasteiger partial charge in [-0.2, -0.15) is 0 Å². The molecule has 2 saturated carbocycles. The highest BCUT2D eigenvalue weighted by Crippen LogP contribution is 2.60. The van der Waals surface area contributed by atoms with Gasteiger partial charge in [-0.25, -0.2) is 4.90 Å². The van der Waals surface area contributed by atoms with E-state index in [-0.39, 0.29) is 59.1 Å². The molecule has 4 aliphatic carbocycles. The van der Waals surface area contributed by atoms with Gasteiger partial charge < -0.3 is 5.11 Å². The molecule has 2 heterocycles. The lowest BCUT2D eigenvalue weighted by atomic mass is 9.77. The molecule has 0 radical (unpaired) electrons. The Labute approximate surface area is 293 Å². The predicted molar refractivity (Wildman–Crippen MR) is 196 cm³/mol. The number of amides is 3. The van der Waals surface area contributed by atoms with E-state index >= 15 is 0 Å². The van der Waals surface area contributed by atoms with Crippen molar-refractivity contribution >= 4 is 46.8 Å². The zero-order valence-corrected chi connectivity index (χ0v) is 28.4. The van der Waals surface area contributed by atoms with Crippen LogP contribution < -0.4 is 9.80 Å². The largest absolute Gasteiger partial charge is 0.373 e. The fraction of sp³-hybridized carbons (Fsp3) is 0.341. The normalized spacial score (nSPS) is 31.7. The summed E-state index contributed by atoms with van der Waals surface area (Å²) in [6, 6.07) is 22.0. The van der Waals surface area contributed by atoms with Crippen LogP contribution in [0.15, 0.2) is 97.6 Å². The molecule has 3 amide bonds. The Morgan fingerprint density at radius 1 is 0.760 bits per heavy atom. The summed E-state index contributed by atoms with van der Waals surface area (Å²) < 4.78 is 0. The molecule has 9 unspecified atom stereocenters. The van der Waals surface area contributed by atoms with Crippen LogP contribution in [0.5, 0.6) is 0 Å². The van der Waals surface area contributed by atoms with E-state index in [2.05, 4.69) is 74.7 Å². The van der Waals surface area contributed by atoms with Gasteiger partial charge in [-0.1, -0.05) is 92.4 Å². The number of benzene rings is 3. The van der Waals surface area contributed by atoms with Crippen LogP contribution in [0.1, 0.15) is 54.0 Å². The van der Waals surface area contributed by atoms with Gasteiger partial charge in [0.05, 0.1) is 23.4 Å². The Bertz CT molecular complexity index is 2040. The molecule has 3 aromatic carbocycles. The number of carbonyl (C=O) groups excluding carboxylic acids is 3. The Morgan fingerprint density at radius 2 is 1.46 bits per heavy atom. The van der Waals surface area contributed by atoms with Gasteiger partial charge in [-0.3, -0.25) is 19.3 Å². The summed E-state index contributed by atoms with van der Waals surface area (Å²) in [6.45, 7) is 9.93. The molecule has 0 spiro atoms. The number of fused-ring (bicyclic) bond motifs is 10. The van der Waals surface area contributed by atoms with Gasteiger partial charge in [0.1, 0.15) is 6.23 Å². The predicted octanol–water partition coefficient (Wildman–Crippen LogP) is 7.48. The third-order valence-corrected chi connectivity index (χ3v) is 12.9. The smallest absolute Gasteiger partial charge is 0.238 e. The third-order valence-electron chi connectivity index (χ3n) is 12.9. The SMILES string of the molecule is C=Cc1ccc(CCC2=CC3CC2C2C3C(=O)N(c3cccc(N4C(=O)C5C6C=C(c7cc(C=C)ccc7CC)C(C6)C5C4=O)c3)C2O)cc1. The van der Waals surface area contributed by atoms with Gasteiger partial charge in [0.2, 0.25) is 17.7 Å². The molecule has 6 nitrogen and oxygen atoms in total. The van der Waals surface area contributed by atoms with Crippen molar-refractivity contribution in [3.8, 4) is 0 Å². The van der Waals surface area contributed by atoms with Gasteiger partial charge in [-0.05, 0) is 113 Å². The maximum atomic E-state index is 14.2. The van der Waals surface area contributed by atoms with Crippen molar-refractivity contribution in [2.45, 2.75) is 45.3 Å². The Balaban J connectivity index is 0.940. The van der Waals surface area contributed by atoms with Crippen LogP contribution in [0.2, 0.25) is 0 Å². The number of hydrogen-bond acceptors (Lipinski definition) is 4. The second-order valence-electron chi connectivity index (χ2n) is 15.1. The number of anilines is 2. The summed E-state index contributed by atoms with van der Waals surface area (Å²) in [4.78, 5) is 45.1. The molecule has 9 atom stereocenters. The molecule has 252 valence electrons. The summed E-state index contributed by atoms with van der Waals surface area (Å²) in [7, 11) is 0. The number of carbonyl (C=O) groups is 3. The van der Waals surface area contributed by atoms with Crippen LogP contribution in [0.3, 0.4) is 0 Å². The van der Waals surface area contributed by atoms with Crippen LogP contribution in [-0.4, -0.2) is 29.1 Å². The fourth-order valence-corrected chi connectivity index (χ4v) is 10.6. The van der Waals surface area contributed by atoms with Crippen LogP contribution >= 0.6 is 0 Å². The number of hydrogen-bond donors (Lipinski definition) is 1. The van der Waals surface area contributed by atoms with Gasteiger partial charge in [-0.15, -0.1) is 0 Å².